The largest absolute Gasteiger partial charge is 0.457 e. The van der Waals surface area contributed by atoms with Crippen LogP contribution in [0.15, 0.2) is 72.8 Å². The second-order valence-corrected chi connectivity index (χ2v) is 6.54. The van der Waals surface area contributed by atoms with E-state index in [1.165, 1.54) is 12.5 Å². The Morgan fingerprint density at radius 1 is 0.750 bits per heavy atom. The first-order valence-electron chi connectivity index (χ1n) is 8.99. The Hall–Kier alpha value is -3.60. The summed E-state index contributed by atoms with van der Waals surface area (Å²) < 4.78 is 5.78. The molecule has 0 spiro atoms. The maximum absolute atomic E-state index is 12.2. The predicted octanol–water partition coefficient (Wildman–Crippen LogP) is 4.93. The number of ether oxygens (including phenoxy) is 1. The monoisotopic (exact) mass is 374 g/mol. The standard InChI is InChI=1S/C23H22N2O3/c1-16-3-11-21(12-4-16)28-22-13-9-20(10-14-22)25-23(27)15-18-5-7-19(8-6-18)24-17(2)26/h3-14H,15H2,1-2H3,(H,24,26)(H,25,27). The van der Waals surface area contributed by atoms with E-state index in [1.807, 2.05) is 55.5 Å². The molecule has 3 aromatic rings. The van der Waals surface area contributed by atoms with Crippen molar-refractivity contribution < 1.29 is 14.3 Å². The lowest BCUT2D eigenvalue weighted by Crippen LogP contribution is -2.14. The van der Waals surface area contributed by atoms with E-state index >= 15 is 0 Å². The molecule has 0 fully saturated rings. The Balaban J connectivity index is 1.53. The predicted molar refractivity (Wildman–Crippen MR) is 111 cm³/mol. The van der Waals surface area contributed by atoms with Gasteiger partial charge in [0.15, 0.2) is 0 Å². The summed E-state index contributed by atoms with van der Waals surface area (Å²) in [6.45, 7) is 3.48. The third-order valence-electron chi connectivity index (χ3n) is 4.03. The molecule has 0 aliphatic rings. The highest BCUT2D eigenvalue weighted by atomic mass is 16.5. The first kappa shape index (κ1) is 19.2. The minimum atomic E-state index is -0.125. The third kappa shape index (κ3) is 5.71. The third-order valence-corrected chi connectivity index (χ3v) is 4.03. The molecule has 3 rings (SSSR count). The van der Waals surface area contributed by atoms with Gasteiger partial charge in [0.1, 0.15) is 11.5 Å². The molecule has 0 bridgehead atoms. The van der Waals surface area contributed by atoms with Crippen LogP contribution in [0.4, 0.5) is 11.4 Å². The molecule has 28 heavy (non-hydrogen) atoms. The number of carbonyl (C=O) groups is 2. The van der Waals surface area contributed by atoms with Crippen LogP contribution in [-0.4, -0.2) is 11.8 Å². The van der Waals surface area contributed by atoms with Crippen molar-refractivity contribution in [1.82, 2.24) is 0 Å². The number of aryl methyl sites for hydroxylation is 1. The zero-order valence-corrected chi connectivity index (χ0v) is 15.9. The van der Waals surface area contributed by atoms with Gasteiger partial charge in [0.25, 0.3) is 0 Å². The van der Waals surface area contributed by atoms with Crippen molar-refractivity contribution in [3.05, 3.63) is 83.9 Å². The summed E-state index contributed by atoms with van der Waals surface area (Å²) >= 11 is 0. The van der Waals surface area contributed by atoms with E-state index in [9.17, 15) is 9.59 Å². The van der Waals surface area contributed by atoms with Crippen LogP contribution in [0.3, 0.4) is 0 Å². The zero-order chi connectivity index (χ0) is 19.9. The minimum Gasteiger partial charge on any atom is -0.457 e. The number of amides is 2. The number of benzene rings is 3. The van der Waals surface area contributed by atoms with Gasteiger partial charge in [-0.1, -0.05) is 29.8 Å². The van der Waals surface area contributed by atoms with Gasteiger partial charge in [0.2, 0.25) is 11.8 Å². The molecular weight excluding hydrogens is 352 g/mol. The fraction of sp³-hybridized carbons (Fsp3) is 0.130. The Kier molecular flexibility index (Phi) is 6.07. The molecule has 0 atom stereocenters. The fourth-order valence-electron chi connectivity index (χ4n) is 2.65. The lowest BCUT2D eigenvalue weighted by Gasteiger charge is -2.09. The molecule has 5 nitrogen and oxygen atoms in total. The van der Waals surface area contributed by atoms with Gasteiger partial charge < -0.3 is 15.4 Å². The fourth-order valence-corrected chi connectivity index (χ4v) is 2.65. The average molecular weight is 374 g/mol. The number of nitrogens with one attached hydrogen (secondary N) is 2. The highest BCUT2D eigenvalue weighted by Gasteiger charge is 2.05. The Morgan fingerprint density at radius 3 is 1.82 bits per heavy atom. The van der Waals surface area contributed by atoms with Crippen molar-refractivity contribution in [2.75, 3.05) is 10.6 Å². The number of rotatable bonds is 6. The summed E-state index contributed by atoms with van der Waals surface area (Å²) in [5, 5.41) is 5.57. The quantitative estimate of drug-likeness (QED) is 0.643. The lowest BCUT2D eigenvalue weighted by molar-refractivity contribution is -0.116. The molecule has 0 aliphatic heterocycles. The Labute approximate surface area is 164 Å². The number of hydrogen-bond acceptors (Lipinski definition) is 3. The van der Waals surface area contributed by atoms with Gasteiger partial charge in [-0.05, 0) is 61.0 Å². The van der Waals surface area contributed by atoms with E-state index < -0.39 is 0 Å². The first-order valence-corrected chi connectivity index (χ1v) is 8.99. The van der Waals surface area contributed by atoms with Crippen molar-refractivity contribution in [3.8, 4) is 11.5 Å². The Bertz CT molecular complexity index is 947. The van der Waals surface area contributed by atoms with Gasteiger partial charge in [0.05, 0.1) is 6.42 Å². The molecule has 2 amide bonds. The van der Waals surface area contributed by atoms with Gasteiger partial charge in [-0.25, -0.2) is 0 Å². The van der Waals surface area contributed by atoms with Crippen molar-refractivity contribution in [2.45, 2.75) is 20.3 Å². The van der Waals surface area contributed by atoms with Gasteiger partial charge >= 0.3 is 0 Å². The van der Waals surface area contributed by atoms with Crippen molar-refractivity contribution in [2.24, 2.45) is 0 Å². The maximum atomic E-state index is 12.2. The van der Waals surface area contributed by atoms with Crippen LogP contribution in [0.25, 0.3) is 0 Å². The molecule has 142 valence electrons. The van der Waals surface area contributed by atoms with Gasteiger partial charge in [-0.2, -0.15) is 0 Å². The van der Waals surface area contributed by atoms with Gasteiger partial charge in [-0.15, -0.1) is 0 Å². The van der Waals surface area contributed by atoms with Crippen molar-refractivity contribution in [1.29, 1.82) is 0 Å². The van der Waals surface area contributed by atoms with E-state index in [0.29, 0.717) is 17.1 Å². The van der Waals surface area contributed by atoms with Crippen LogP contribution in [0, 0.1) is 6.92 Å². The molecule has 2 N–H and O–H groups in total. The molecule has 0 aliphatic carbocycles. The van der Waals surface area contributed by atoms with E-state index in [2.05, 4.69) is 10.6 Å². The molecule has 0 heterocycles. The normalized spacial score (nSPS) is 10.2. The summed E-state index contributed by atoms with van der Waals surface area (Å²) in [6.07, 6.45) is 0.252. The smallest absolute Gasteiger partial charge is 0.228 e. The highest BCUT2D eigenvalue weighted by Crippen LogP contribution is 2.23. The summed E-state index contributed by atoms with van der Waals surface area (Å²) in [4.78, 5) is 23.3. The first-order chi connectivity index (χ1) is 13.5. The second kappa shape index (κ2) is 8.86. The molecule has 0 aromatic heterocycles. The van der Waals surface area contributed by atoms with Crippen LogP contribution in [0.2, 0.25) is 0 Å². The van der Waals surface area contributed by atoms with Crippen LogP contribution < -0.4 is 15.4 Å². The number of anilines is 2. The van der Waals surface area contributed by atoms with Crippen LogP contribution >= 0.6 is 0 Å². The van der Waals surface area contributed by atoms with E-state index in [-0.39, 0.29) is 18.2 Å². The summed E-state index contributed by atoms with van der Waals surface area (Å²) in [7, 11) is 0. The topological polar surface area (TPSA) is 67.4 Å². The molecule has 3 aromatic carbocycles. The summed E-state index contributed by atoms with van der Waals surface area (Å²) in [6, 6.07) is 22.3. The number of carbonyl (C=O) groups excluding carboxylic acids is 2. The van der Waals surface area contributed by atoms with Gasteiger partial charge in [-0.3, -0.25) is 9.59 Å². The summed E-state index contributed by atoms with van der Waals surface area (Å²) in [5.74, 6) is 1.24. The van der Waals surface area contributed by atoms with Crippen LogP contribution in [0.5, 0.6) is 11.5 Å². The molecule has 0 saturated carbocycles. The van der Waals surface area contributed by atoms with Crippen LogP contribution in [-0.2, 0) is 16.0 Å². The Morgan fingerprint density at radius 2 is 1.25 bits per heavy atom. The van der Waals surface area contributed by atoms with Crippen molar-refractivity contribution >= 4 is 23.2 Å². The zero-order valence-electron chi connectivity index (χ0n) is 15.9. The van der Waals surface area contributed by atoms with E-state index in [4.69, 9.17) is 4.74 Å². The number of hydrogen-bond donors (Lipinski definition) is 2. The summed E-state index contributed by atoms with van der Waals surface area (Å²) in [5.41, 5.74) is 3.46. The van der Waals surface area contributed by atoms with Crippen molar-refractivity contribution in [3.63, 3.8) is 0 Å². The molecule has 0 unspecified atom stereocenters. The average Bonchev–Trinajstić information content (AvgIpc) is 2.66. The van der Waals surface area contributed by atoms with Gasteiger partial charge in [0, 0.05) is 18.3 Å². The SMILES string of the molecule is CC(=O)Nc1ccc(CC(=O)Nc2ccc(Oc3ccc(C)cc3)cc2)cc1. The van der Waals surface area contributed by atoms with E-state index in [1.54, 1.807) is 24.3 Å². The maximum Gasteiger partial charge on any atom is 0.228 e. The van der Waals surface area contributed by atoms with E-state index in [0.717, 1.165) is 11.3 Å². The lowest BCUT2D eigenvalue weighted by atomic mass is 10.1. The molecular formula is C23H22N2O3. The molecule has 0 saturated heterocycles. The highest BCUT2D eigenvalue weighted by molar-refractivity contribution is 5.92. The molecule has 5 heteroatoms. The minimum absolute atomic E-state index is 0.112. The second-order valence-electron chi connectivity index (χ2n) is 6.54. The van der Waals surface area contributed by atoms with Crippen LogP contribution in [0.1, 0.15) is 18.1 Å². The molecule has 0 radical (unpaired) electrons.